The Balaban J connectivity index is 1.70. The van der Waals surface area contributed by atoms with Crippen LogP contribution in [0.25, 0.3) is 0 Å². The van der Waals surface area contributed by atoms with Crippen LogP contribution in [-0.4, -0.2) is 30.8 Å². The van der Waals surface area contributed by atoms with Gasteiger partial charge in [-0.3, -0.25) is 4.79 Å². The Morgan fingerprint density at radius 1 is 0.971 bits per heavy atom. The average molecular weight is 500 g/mol. The van der Waals surface area contributed by atoms with Crippen LogP contribution in [0.15, 0.2) is 76.2 Å². The lowest BCUT2D eigenvalue weighted by Crippen LogP contribution is -2.47. The molecule has 0 aliphatic rings. The molecule has 0 bridgehead atoms. The predicted octanol–water partition coefficient (Wildman–Crippen LogP) is 4.52. The van der Waals surface area contributed by atoms with E-state index in [1.54, 1.807) is 35.4 Å². The van der Waals surface area contributed by atoms with E-state index in [-0.39, 0.29) is 35.7 Å². The first-order valence-electron chi connectivity index (χ1n) is 10.9. The number of carbonyl (C=O) groups excluding carboxylic acids is 2. The Labute approximate surface area is 205 Å². The molecule has 3 aromatic rings. The fraction of sp³-hybridized carbons (Fsp3) is 0.280. The van der Waals surface area contributed by atoms with Crippen LogP contribution in [-0.2, 0) is 28.0 Å². The van der Waals surface area contributed by atoms with Crippen molar-refractivity contribution >= 4 is 27.7 Å². The molecule has 186 valence electrons. The van der Waals surface area contributed by atoms with Crippen LogP contribution < -0.4 is 14.8 Å². The smallest absolute Gasteiger partial charge is 0.339 e. The monoisotopic (exact) mass is 499 g/mol. The van der Waals surface area contributed by atoms with Crippen molar-refractivity contribution in [1.29, 1.82) is 0 Å². The summed E-state index contributed by atoms with van der Waals surface area (Å²) in [6.45, 7) is 7.61. The van der Waals surface area contributed by atoms with Crippen LogP contribution >= 0.6 is 0 Å². The number of amides is 3. The Morgan fingerprint density at radius 2 is 1.63 bits per heavy atom. The number of rotatable bonds is 8. The van der Waals surface area contributed by atoms with Gasteiger partial charge in [-0.2, -0.15) is 8.42 Å². The van der Waals surface area contributed by atoms with E-state index in [4.69, 9.17) is 8.60 Å². The third kappa shape index (κ3) is 7.89. The molecule has 1 aromatic heterocycles. The molecular formula is C25H29N3O6S. The highest BCUT2D eigenvalue weighted by Gasteiger charge is 2.21. The molecule has 2 aromatic carbocycles. The molecule has 1 heterocycles. The molecule has 3 rings (SSSR count). The lowest BCUT2D eigenvalue weighted by molar-refractivity contribution is -0.114. The first-order valence-corrected chi connectivity index (χ1v) is 12.3. The number of nitrogens with zero attached hydrogens (tertiary/aromatic N) is 1. The number of urea groups is 1. The van der Waals surface area contributed by atoms with Crippen molar-refractivity contribution in [1.82, 2.24) is 10.2 Å². The molecule has 0 fully saturated rings. The quantitative estimate of drug-likeness (QED) is 0.440. The summed E-state index contributed by atoms with van der Waals surface area (Å²) in [5.41, 5.74) is 0.852. The summed E-state index contributed by atoms with van der Waals surface area (Å²) >= 11 is 0. The summed E-state index contributed by atoms with van der Waals surface area (Å²) < 4.78 is 35.9. The van der Waals surface area contributed by atoms with Crippen molar-refractivity contribution in [2.24, 2.45) is 0 Å². The van der Waals surface area contributed by atoms with Crippen LogP contribution in [0, 0.1) is 0 Å². The second-order valence-corrected chi connectivity index (χ2v) is 10.5. The normalized spacial score (nSPS) is 11.5. The Morgan fingerprint density at radius 3 is 2.17 bits per heavy atom. The summed E-state index contributed by atoms with van der Waals surface area (Å²) in [4.78, 5) is 25.5. The van der Waals surface area contributed by atoms with Crippen molar-refractivity contribution < 1.29 is 26.6 Å². The highest BCUT2D eigenvalue weighted by molar-refractivity contribution is 7.87. The molecular weight excluding hydrogens is 470 g/mol. The minimum atomic E-state index is -4.06. The highest BCUT2D eigenvalue weighted by atomic mass is 32.2. The van der Waals surface area contributed by atoms with Crippen LogP contribution in [0.5, 0.6) is 5.75 Å². The third-order valence-electron chi connectivity index (χ3n) is 4.66. The van der Waals surface area contributed by atoms with Gasteiger partial charge in [-0.1, -0.05) is 12.1 Å². The van der Waals surface area contributed by atoms with Gasteiger partial charge in [0.15, 0.2) is 0 Å². The fourth-order valence-corrected chi connectivity index (χ4v) is 4.07. The predicted molar refractivity (Wildman–Crippen MR) is 131 cm³/mol. The van der Waals surface area contributed by atoms with Crippen molar-refractivity contribution in [3.05, 3.63) is 78.3 Å². The standard InChI is InChI=1S/C25H29N3O6S/c1-18(29)26-20-9-13-23(14-10-20)35(31,32)34-21-11-7-19(8-12-21)16-28(17-22-6-5-15-33-22)24(30)27-25(2,3)4/h5-15H,16-17H2,1-4H3,(H,26,29)(H,27,30). The lowest BCUT2D eigenvalue weighted by Gasteiger charge is -2.28. The summed E-state index contributed by atoms with van der Waals surface area (Å²) in [7, 11) is -4.06. The summed E-state index contributed by atoms with van der Waals surface area (Å²) in [6, 6.07) is 15.4. The van der Waals surface area contributed by atoms with E-state index in [0.717, 1.165) is 5.56 Å². The first kappa shape index (κ1) is 25.8. The zero-order chi connectivity index (χ0) is 25.6. The van der Waals surface area contributed by atoms with Gasteiger partial charge < -0.3 is 24.1 Å². The number of benzene rings is 2. The van der Waals surface area contributed by atoms with Gasteiger partial charge in [-0.05, 0) is 74.9 Å². The number of nitrogens with one attached hydrogen (secondary N) is 2. The Hall–Kier alpha value is -3.79. The van der Waals surface area contributed by atoms with Crippen molar-refractivity contribution in [2.75, 3.05) is 5.32 Å². The first-order chi connectivity index (χ1) is 16.4. The zero-order valence-electron chi connectivity index (χ0n) is 20.1. The van der Waals surface area contributed by atoms with E-state index in [9.17, 15) is 18.0 Å². The van der Waals surface area contributed by atoms with Crippen LogP contribution in [0.3, 0.4) is 0 Å². The molecule has 0 spiro atoms. The Kier molecular flexibility index (Phi) is 7.85. The average Bonchev–Trinajstić information content (AvgIpc) is 3.26. The molecule has 0 saturated carbocycles. The van der Waals surface area contributed by atoms with E-state index in [2.05, 4.69) is 10.6 Å². The molecule has 0 atom stereocenters. The third-order valence-corrected chi connectivity index (χ3v) is 5.92. The van der Waals surface area contributed by atoms with E-state index in [1.165, 1.54) is 43.3 Å². The molecule has 0 saturated heterocycles. The van der Waals surface area contributed by atoms with E-state index in [1.807, 2.05) is 20.8 Å². The van der Waals surface area contributed by atoms with Crippen LogP contribution in [0.2, 0.25) is 0 Å². The number of carbonyl (C=O) groups is 2. The molecule has 2 N–H and O–H groups in total. The van der Waals surface area contributed by atoms with Gasteiger partial charge in [0.25, 0.3) is 0 Å². The van der Waals surface area contributed by atoms with Crippen molar-refractivity contribution in [3.8, 4) is 5.75 Å². The van der Waals surface area contributed by atoms with E-state index < -0.39 is 15.7 Å². The van der Waals surface area contributed by atoms with Gasteiger partial charge in [0.2, 0.25) is 5.91 Å². The molecule has 9 nitrogen and oxygen atoms in total. The molecule has 0 aliphatic heterocycles. The second-order valence-electron chi connectivity index (χ2n) is 9.00. The largest absolute Gasteiger partial charge is 0.467 e. The number of hydrogen-bond donors (Lipinski definition) is 2. The minimum absolute atomic E-state index is 0.0425. The van der Waals surface area contributed by atoms with Gasteiger partial charge in [0.05, 0.1) is 12.8 Å². The lowest BCUT2D eigenvalue weighted by atomic mass is 10.1. The summed E-state index contributed by atoms with van der Waals surface area (Å²) in [6.07, 6.45) is 1.55. The summed E-state index contributed by atoms with van der Waals surface area (Å²) in [5.74, 6) is 0.525. The zero-order valence-corrected chi connectivity index (χ0v) is 20.9. The topological polar surface area (TPSA) is 118 Å². The molecule has 0 unspecified atom stereocenters. The van der Waals surface area contributed by atoms with E-state index in [0.29, 0.717) is 11.4 Å². The second kappa shape index (κ2) is 10.6. The number of furan rings is 1. The van der Waals surface area contributed by atoms with Gasteiger partial charge in [-0.25, -0.2) is 4.79 Å². The van der Waals surface area contributed by atoms with Crippen molar-refractivity contribution in [2.45, 2.75) is 51.2 Å². The van der Waals surface area contributed by atoms with Crippen LogP contribution in [0.4, 0.5) is 10.5 Å². The van der Waals surface area contributed by atoms with E-state index >= 15 is 0 Å². The molecule has 0 aliphatic carbocycles. The molecule has 3 amide bonds. The highest BCUT2D eigenvalue weighted by Crippen LogP contribution is 2.22. The van der Waals surface area contributed by atoms with Crippen LogP contribution in [0.1, 0.15) is 39.0 Å². The maximum atomic E-state index is 12.8. The minimum Gasteiger partial charge on any atom is -0.467 e. The van der Waals surface area contributed by atoms with Crippen molar-refractivity contribution in [3.63, 3.8) is 0 Å². The molecule has 0 radical (unpaired) electrons. The number of anilines is 1. The van der Waals surface area contributed by atoms with Gasteiger partial charge in [-0.15, -0.1) is 0 Å². The van der Waals surface area contributed by atoms with Gasteiger partial charge in [0, 0.05) is 24.7 Å². The number of hydrogen-bond acceptors (Lipinski definition) is 6. The van der Waals surface area contributed by atoms with Gasteiger partial charge >= 0.3 is 16.1 Å². The summed E-state index contributed by atoms with van der Waals surface area (Å²) in [5, 5.41) is 5.52. The maximum Gasteiger partial charge on any atom is 0.339 e. The van der Waals surface area contributed by atoms with Gasteiger partial charge in [0.1, 0.15) is 16.4 Å². The molecule has 35 heavy (non-hydrogen) atoms. The SMILES string of the molecule is CC(=O)Nc1ccc(S(=O)(=O)Oc2ccc(CN(Cc3ccco3)C(=O)NC(C)(C)C)cc2)cc1. The fourth-order valence-electron chi connectivity index (χ4n) is 3.14. The Bertz CT molecular complexity index is 1250. The molecule has 10 heteroatoms. The maximum absolute atomic E-state index is 12.8.